The Morgan fingerprint density at radius 3 is 2.47 bits per heavy atom. The van der Waals surface area contributed by atoms with Crippen LogP contribution in [0.3, 0.4) is 0 Å². The van der Waals surface area contributed by atoms with E-state index in [9.17, 15) is 14.7 Å². The number of methoxy groups -OCH3 is 2. The lowest BCUT2D eigenvalue weighted by Crippen LogP contribution is -2.60. The van der Waals surface area contributed by atoms with Crippen molar-refractivity contribution in [1.82, 2.24) is 21.0 Å². The van der Waals surface area contributed by atoms with E-state index in [1.54, 1.807) is 14.0 Å². The molecule has 1 saturated heterocycles. The third kappa shape index (κ3) is 8.37. The number of amides is 1. The second kappa shape index (κ2) is 16.5. The molecular weight excluding hydrogens is 670 g/mol. The minimum Gasteiger partial charge on any atom is -0.496 e. The Labute approximate surface area is 316 Å². The fraction of sp³-hybridized carbons (Fsp3) is 0.571. The van der Waals surface area contributed by atoms with Crippen LogP contribution in [-0.4, -0.2) is 88.2 Å². The van der Waals surface area contributed by atoms with Gasteiger partial charge in [-0.05, 0) is 72.3 Å². The Kier molecular flexibility index (Phi) is 12.5. The number of nitrogens with zero attached hydrogens (tertiary/aromatic N) is 2. The van der Waals surface area contributed by atoms with Crippen molar-refractivity contribution in [1.29, 1.82) is 0 Å². The van der Waals surface area contributed by atoms with E-state index < -0.39 is 30.1 Å². The molecule has 0 aromatic heterocycles. The van der Waals surface area contributed by atoms with Gasteiger partial charge in [0.05, 0.1) is 39.3 Å². The molecule has 4 N–H and O–H groups in total. The van der Waals surface area contributed by atoms with Crippen LogP contribution in [0.1, 0.15) is 64.5 Å². The van der Waals surface area contributed by atoms with Gasteiger partial charge in [0.15, 0.2) is 0 Å². The molecule has 0 radical (unpaired) electrons. The highest BCUT2D eigenvalue weighted by Gasteiger charge is 2.57. The molecule has 3 saturated carbocycles. The number of nitrogens with one attached hydrogen (secondary N) is 3. The van der Waals surface area contributed by atoms with Gasteiger partial charge in [-0.3, -0.25) is 14.4 Å². The summed E-state index contributed by atoms with van der Waals surface area (Å²) in [7, 11) is 8.87. The lowest BCUT2D eigenvalue weighted by molar-refractivity contribution is -0.166. The van der Waals surface area contributed by atoms with Crippen molar-refractivity contribution in [3.8, 4) is 16.9 Å². The van der Waals surface area contributed by atoms with Gasteiger partial charge in [0.25, 0.3) is 0 Å². The van der Waals surface area contributed by atoms with E-state index in [-0.39, 0.29) is 31.3 Å². The molecule has 0 unspecified atom stereocenters. The predicted molar refractivity (Wildman–Crippen MR) is 210 cm³/mol. The van der Waals surface area contributed by atoms with Crippen molar-refractivity contribution in [2.75, 3.05) is 46.8 Å². The van der Waals surface area contributed by atoms with Crippen LogP contribution in [0.2, 0.25) is 0 Å². The molecule has 0 spiro atoms. The first-order valence-corrected chi connectivity index (χ1v) is 18.9. The van der Waals surface area contributed by atoms with Crippen LogP contribution in [0.5, 0.6) is 5.75 Å². The summed E-state index contributed by atoms with van der Waals surface area (Å²) in [5.41, 5.74) is 6.74. The summed E-state index contributed by atoms with van der Waals surface area (Å²) in [5, 5.41) is 23.2. The molecule has 8 atom stereocenters. The van der Waals surface area contributed by atoms with Crippen molar-refractivity contribution in [2.24, 2.45) is 29.1 Å². The number of benzene rings is 2. The number of rotatable bonds is 16. The Hall–Kier alpha value is -4.06. The van der Waals surface area contributed by atoms with Crippen molar-refractivity contribution >= 4 is 23.3 Å². The number of anilines is 1. The van der Waals surface area contributed by atoms with Gasteiger partial charge in [-0.1, -0.05) is 52.1 Å². The largest absolute Gasteiger partial charge is 0.496 e. The molecule has 2 aromatic carbocycles. The second-order valence-electron chi connectivity index (χ2n) is 16.0. The van der Waals surface area contributed by atoms with Gasteiger partial charge in [-0.15, -0.1) is 0 Å². The van der Waals surface area contributed by atoms with Gasteiger partial charge < -0.3 is 35.4 Å². The fourth-order valence-electron chi connectivity index (χ4n) is 8.97. The molecule has 290 valence electrons. The number of aliphatic hydroxyl groups excluding tert-OH is 1. The number of hydrogen-bond donors (Lipinski definition) is 4. The van der Waals surface area contributed by atoms with Gasteiger partial charge >= 0.3 is 5.97 Å². The molecule has 2 bridgehead atoms. The number of aliphatic hydroxyl groups is 1. The molecule has 11 heteroatoms. The number of hydrogen-bond acceptors (Lipinski definition) is 10. The first kappa shape index (κ1) is 40.1. The second-order valence-corrected chi connectivity index (χ2v) is 16.0. The molecule has 1 aliphatic heterocycles. The third-order valence-corrected chi connectivity index (χ3v) is 12.3. The molecule has 4 fully saturated rings. The molecular formula is C42H61N5O6. The molecule has 11 nitrogen and oxygen atoms in total. The van der Waals surface area contributed by atoms with Crippen molar-refractivity contribution in [3.05, 3.63) is 66.4 Å². The summed E-state index contributed by atoms with van der Waals surface area (Å²) >= 11 is 0. The average Bonchev–Trinajstić information content (AvgIpc) is 3.50. The number of carbonyl (C=O) groups is 2. The highest BCUT2D eigenvalue weighted by atomic mass is 16.7. The van der Waals surface area contributed by atoms with E-state index in [1.807, 2.05) is 44.4 Å². The maximum Gasteiger partial charge on any atom is 0.306 e. The Morgan fingerprint density at radius 2 is 1.87 bits per heavy atom. The van der Waals surface area contributed by atoms with Crippen LogP contribution < -0.4 is 25.6 Å². The van der Waals surface area contributed by atoms with E-state index in [4.69, 9.17) is 14.3 Å². The lowest BCUT2D eigenvalue weighted by Gasteiger charge is -2.62. The minimum absolute atomic E-state index is 0.000783. The van der Waals surface area contributed by atoms with Gasteiger partial charge in [0, 0.05) is 74.3 Å². The van der Waals surface area contributed by atoms with E-state index in [1.165, 1.54) is 13.5 Å². The number of hydroxylamine groups is 2. The Morgan fingerprint density at radius 1 is 1.13 bits per heavy atom. The quantitative estimate of drug-likeness (QED) is 0.168. The normalized spacial score (nSPS) is 26.5. The zero-order valence-electron chi connectivity index (χ0n) is 33.1. The average molecular weight is 732 g/mol. The standard InChI is InChI=1S/C42H61N5O6/c1-24-34-20-31(42(34,5)6)21-35(24)45-26(3)40-39(27(4)48)36(22-44-37(49)15-16-38(50)51-10)53-47(40)23-28-13-12-14-33(41(28)52-11)30-17-29(25(2)43-7)18-32(19-30)46(8)9/h12-14,17-19,24,27,31,34-36,39-40,43,45,48H,2-3,15-16,20-23H2,1,4-11H3,(H,44,49)/t24-,27-,31+,34-,35-,36-,39+,40+/m0/s1. The number of para-hydroxylation sites is 1. The fourth-order valence-corrected chi connectivity index (χ4v) is 8.97. The van der Waals surface area contributed by atoms with Crippen molar-refractivity contribution in [2.45, 2.75) is 84.2 Å². The molecule has 2 aromatic rings. The smallest absolute Gasteiger partial charge is 0.306 e. The number of carbonyl (C=O) groups excluding carboxylic acids is 2. The predicted octanol–water partition coefficient (Wildman–Crippen LogP) is 5.34. The Bertz CT molecular complexity index is 1670. The first-order chi connectivity index (χ1) is 25.1. The summed E-state index contributed by atoms with van der Waals surface area (Å²) in [6.45, 7) is 18.2. The zero-order valence-corrected chi connectivity index (χ0v) is 33.1. The van der Waals surface area contributed by atoms with E-state index in [0.717, 1.165) is 45.8 Å². The number of ether oxygens (including phenoxy) is 2. The van der Waals surface area contributed by atoms with E-state index in [2.05, 4.69) is 73.0 Å². The molecule has 53 heavy (non-hydrogen) atoms. The lowest BCUT2D eigenvalue weighted by atomic mass is 9.44. The molecule has 3 aliphatic carbocycles. The topological polar surface area (TPSA) is 125 Å². The highest BCUT2D eigenvalue weighted by molar-refractivity contribution is 5.81. The van der Waals surface area contributed by atoms with Crippen molar-refractivity contribution < 1.29 is 29.0 Å². The molecule has 1 amide bonds. The van der Waals surface area contributed by atoms with Crippen LogP contribution in [0.15, 0.2) is 55.3 Å². The monoisotopic (exact) mass is 731 g/mol. The SMILES string of the molecule is C=C(NC)c1cc(-c2cccc(CN3O[C@@H](CNC(=O)CCC(=O)OC)[C@@H]([C@H](C)O)[C@H]3C(=C)N[C@H]3C[C@H]4C[C@@H]([C@@H]3C)C4(C)C)c2OC)cc(N(C)C)c1. The number of fused-ring (bicyclic) bond motifs is 2. The third-order valence-electron chi connectivity index (χ3n) is 12.3. The highest BCUT2D eigenvalue weighted by Crippen LogP contribution is 2.61. The number of esters is 1. The maximum atomic E-state index is 12.8. The van der Waals surface area contributed by atoms with Crippen LogP contribution in [0.4, 0.5) is 5.69 Å². The summed E-state index contributed by atoms with van der Waals surface area (Å²) in [4.78, 5) is 33.2. The minimum atomic E-state index is -0.780. The molecule has 6 rings (SSSR count). The van der Waals surface area contributed by atoms with Crippen LogP contribution in [0.25, 0.3) is 16.8 Å². The summed E-state index contributed by atoms with van der Waals surface area (Å²) < 4.78 is 10.9. The molecule has 4 aliphatic rings. The van der Waals surface area contributed by atoms with Gasteiger partial charge in [0.1, 0.15) is 11.9 Å². The summed E-state index contributed by atoms with van der Waals surface area (Å²) in [6, 6.07) is 12.3. The van der Waals surface area contributed by atoms with Crippen LogP contribution in [0, 0.1) is 29.1 Å². The van der Waals surface area contributed by atoms with Crippen LogP contribution in [-0.2, 0) is 25.7 Å². The van der Waals surface area contributed by atoms with E-state index >= 15 is 0 Å². The van der Waals surface area contributed by atoms with E-state index in [0.29, 0.717) is 35.5 Å². The van der Waals surface area contributed by atoms with Crippen molar-refractivity contribution in [3.63, 3.8) is 0 Å². The van der Waals surface area contributed by atoms with Crippen LogP contribution >= 0.6 is 0 Å². The Balaban J connectivity index is 1.47. The first-order valence-electron chi connectivity index (χ1n) is 18.9. The zero-order chi connectivity index (χ0) is 38.8. The molecule has 1 heterocycles. The summed E-state index contributed by atoms with van der Waals surface area (Å²) in [6.07, 6.45) is 0.986. The van der Waals surface area contributed by atoms with Gasteiger partial charge in [-0.2, -0.15) is 5.06 Å². The van der Waals surface area contributed by atoms with Gasteiger partial charge in [-0.25, -0.2) is 0 Å². The van der Waals surface area contributed by atoms with Gasteiger partial charge in [0.2, 0.25) is 5.91 Å². The summed E-state index contributed by atoms with van der Waals surface area (Å²) in [5.74, 6) is 1.34. The maximum absolute atomic E-state index is 12.8.